The van der Waals surface area contributed by atoms with Crippen molar-refractivity contribution >= 4 is 45.9 Å². The van der Waals surface area contributed by atoms with E-state index in [4.69, 9.17) is 48.8 Å². The molecule has 0 unspecified atom stereocenters. The minimum absolute atomic E-state index is 0.288. The maximum atomic E-state index is 13.8. The van der Waals surface area contributed by atoms with E-state index >= 15 is 0 Å². The van der Waals surface area contributed by atoms with E-state index in [9.17, 15) is 9.59 Å². The quantitative estimate of drug-likeness (QED) is 0.0347. The van der Waals surface area contributed by atoms with Crippen LogP contribution < -0.4 is 39.1 Å². The molecule has 2 heterocycles. The van der Waals surface area contributed by atoms with Crippen LogP contribution in [0.2, 0.25) is 0 Å². The molecule has 7 aromatic rings. The molecular weight excluding hydrogens is 1570 g/mol. The highest BCUT2D eigenvalue weighted by Gasteiger charge is 2.23. The number of amides is 2. The van der Waals surface area contributed by atoms with Crippen LogP contribution in [0.5, 0.6) is 34.5 Å². The number of carbonyl (C=O) groups excluding carboxylic acids is 2. The molecule has 0 aliphatic heterocycles. The summed E-state index contributed by atoms with van der Waals surface area (Å²) in [6.07, 6.45) is 75.7. The second kappa shape index (κ2) is 69.1. The number of nitrogens with one attached hydrogen (secondary N) is 2. The molecule has 0 aliphatic carbocycles. The molecule has 14 nitrogen and oxygen atoms in total. The Balaban J connectivity index is 0.975. The van der Waals surface area contributed by atoms with Crippen molar-refractivity contribution in [2.45, 2.75) is 427 Å². The molecule has 16 heteroatoms. The summed E-state index contributed by atoms with van der Waals surface area (Å²) < 4.78 is 40.5. The molecule has 0 spiro atoms. The van der Waals surface area contributed by atoms with Crippen LogP contribution in [0.3, 0.4) is 0 Å². The molecule has 690 valence electrons. The highest BCUT2D eigenvalue weighted by Crippen LogP contribution is 2.46. The molecule has 0 bridgehead atoms. The molecule has 0 fully saturated rings. The zero-order chi connectivity index (χ0) is 87.4. The lowest BCUT2D eigenvalue weighted by Gasteiger charge is -2.18. The summed E-state index contributed by atoms with van der Waals surface area (Å²) in [5.41, 5.74) is 5.64. The highest BCUT2D eigenvalue weighted by atomic mass is 32.1. The van der Waals surface area contributed by atoms with E-state index in [1.807, 2.05) is 48.5 Å². The Morgan fingerprint density at radius 3 is 0.605 bits per heavy atom. The first-order valence-corrected chi connectivity index (χ1v) is 52.6. The normalized spacial score (nSPS) is 11.4. The predicted octanol–water partition coefficient (Wildman–Crippen LogP) is 34.4. The molecule has 2 aromatic heterocycles. The van der Waals surface area contributed by atoms with Gasteiger partial charge < -0.3 is 39.1 Å². The molecule has 2 amide bonds. The van der Waals surface area contributed by atoms with Gasteiger partial charge in [-0.3, -0.25) is 9.59 Å². The summed E-state index contributed by atoms with van der Waals surface area (Å²) in [4.78, 5) is 27.6. The lowest BCUT2D eigenvalue weighted by molar-refractivity contribution is 0.101. The third-order valence-corrected chi connectivity index (χ3v) is 26.1. The van der Waals surface area contributed by atoms with Crippen molar-refractivity contribution in [2.24, 2.45) is 0 Å². The number of anilines is 2. The summed E-state index contributed by atoms with van der Waals surface area (Å²) in [5.74, 6) is 3.64. The van der Waals surface area contributed by atoms with Gasteiger partial charge in [0.2, 0.25) is 11.5 Å². The third kappa shape index (κ3) is 44.6. The van der Waals surface area contributed by atoms with Crippen molar-refractivity contribution in [3.8, 4) is 76.8 Å². The Morgan fingerprint density at radius 1 is 0.226 bits per heavy atom. The number of carbonyl (C=O) groups is 2. The SMILES string of the molecule is CCCCCCCCCCCCOc1cc(-c2nnc(-c3ccc(NC(=O)c4ccc(C(=O)Nc5ccc(-c6nnc(-c7cc(OCCCCCCCCCCCC)c(OCCCCCCCCCCCC)c(OCCCCCCCCCCCC)c7)s6)cc5)cc4)cc3)s2)cc(OCCCCCCCCCCCC)c1OCCCCCCCCCCCC. The molecule has 0 saturated heterocycles. The van der Waals surface area contributed by atoms with E-state index in [-0.39, 0.29) is 11.8 Å². The lowest BCUT2D eigenvalue weighted by Crippen LogP contribution is -2.14. The van der Waals surface area contributed by atoms with Crippen LogP contribution in [0.25, 0.3) is 42.3 Å². The predicted molar refractivity (Wildman–Crippen MR) is 528 cm³/mol. The second-order valence-electron chi connectivity index (χ2n) is 35.3. The van der Waals surface area contributed by atoms with Crippen LogP contribution in [0.4, 0.5) is 11.4 Å². The minimum Gasteiger partial charge on any atom is -0.490 e. The van der Waals surface area contributed by atoms with Crippen LogP contribution in [-0.2, 0) is 0 Å². The summed E-state index contributed by atoms with van der Waals surface area (Å²) in [5, 5.41) is 28.1. The molecular formula is C108H168N6O8S2. The Bertz CT molecular complexity index is 3470. The minimum atomic E-state index is -0.288. The van der Waals surface area contributed by atoms with Crippen molar-refractivity contribution in [3.63, 3.8) is 0 Å². The molecule has 0 radical (unpaired) electrons. The van der Waals surface area contributed by atoms with E-state index in [1.165, 1.54) is 331 Å². The average Bonchev–Trinajstić information content (AvgIpc) is 1.55. The summed E-state index contributed by atoms with van der Waals surface area (Å²) in [6, 6.07) is 30.4. The van der Waals surface area contributed by atoms with Crippen molar-refractivity contribution in [3.05, 3.63) is 108 Å². The molecule has 0 saturated carbocycles. The Morgan fingerprint density at radius 2 is 0.403 bits per heavy atom. The number of unbranched alkanes of at least 4 members (excludes halogenated alkanes) is 54. The van der Waals surface area contributed by atoms with Crippen LogP contribution >= 0.6 is 22.7 Å². The van der Waals surface area contributed by atoms with Gasteiger partial charge in [0.15, 0.2) is 23.0 Å². The highest BCUT2D eigenvalue weighted by molar-refractivity contribution is 7.18. The number of aromatic nitrogens is 4. The summed E-state index contributed by atoms with van der Waals surface area (Å²) in [6.45, 7) is 17.3. The maximum Gasteiger partial charge on any atom is 0.255 e. The van der Waals surface area contributed by atoms with Gasteiger partial charge in [-0.05, 0) is 136 Å². The second-order valence-corrected chi connectivity index (χ2v) is 37.2. The number of benzene rings is 5. The first kappa shape index (κ1) is 104. The molecule has 0 atom stereocenters. The van der Waals surface area contributed by atoms with Crippen molar-refractivity contribution in [2.75, 3.05) is 50.3 Å². The van der Waals surface area contributed by atoms with Gasteiger partial charge in [0.25, 0.3) is 11.8 Å². The van der Waals surface area contributed by atoms with Gasteiger partial charge in [0.05, 0.1) is 39.6 Å². The Labute approximate surface area is 761 Å². The number of hydrogen-bond donors (Lipinski definition) is 2. The average molecular weight is 1740 g/mol. The largest absolute Gasteiger partial charge is 0.490 e. The van der Waals surface area contributed by atoms with E-state index in [1.54, 1.807) is 24.3 Å². The van der Waals surface area contributed by atoms with Gasteiger partial charge in [0, 0.05) is 44.8 Å². The summed E-state index contributed by atoms with van der Waals surface area (Å²) in [7, 11) is 0. The number of ether oxygens (including phenoxy) is 6. The molecule has 7 rings (SSSR count). The van der Waals surface area contributed by atoms with Crippen LogP contribution in [-0.4, -0.2) is 71.9 Å². The van der Waals surface area contributed by atoms with Crippen molar-refractivity contribution < 1.29 is 38.0 Å². The fourth-order valence-electron chi connectivity index (χ4n) is 16.2. The monoisotopic (exact) mass is 1740 g/mol. The lowest BCUT2D eigenvalue weighted by atomic mass is 10.1. The summed E-state index contributed by atoms with van der Waals surface area (Å²) >= 11 is 3.03. The molecule has 124 heavy (non-hydrogen) atoms. The number of hydrogen-bond acceptors (Lipinski definition) is 14. The van der Waals surface area contributed by atoms with Gasteiger partial charge in [0.1, 0.15) is 20.0 Å². The smallest absolute Gasteiger partial charge is 0.255 e. The third-order valence-electron chi connectivity index (χ3n) is 24.1. The topological polar surface area (TPSA) is 165 Å². The van der Waals surface area contributed by atoms with Gasteiger partial charge in [-0.25, -0.2) is 0 Å². The van der Waals surface area contributed by atoms with Crippen molar-refractivity contribution in [1.82, 2.24) is 20.4 Å². The van der Waals surface area contributed by atoms with Crippen LogP contribution in [0.15, 0.2) is 97.1 Å². The van der Waals surface area contributed by atoms with E-state index in [2.05, 4.69) is 76.4 Å². The zero-order valence-corrected chi connectivity index (χ0v) is 80.4. The number of rotatable bonds is 80. The van der Waals surface area contributed by atoms with Gasteiger partial charge in [-0.1, -0.05) is 411 Å². The molecule has 2 N–H and O–H groups in total. The maximum absolute atomic E-state index is 13.8. The van der Waals surface area contributed by atoms with Crippen molar-refractivity contribution in [1.29, 1.82) is 0 Å². The van der Waals surface area contributed by atoms with Gasteiger partial charge in [-0.15, -0.1) is 20.4 Å². The number of nitrogens with zero attached hydrogens (tertiary/aromatic N) is 4. The Kier molecular flexibility index (Phi) is 57.9. The molecule has 0 aliphatic rings. The fourth-order valence-corrected chi connectivity index (χ4v) is 17.9. The van der Waals surface area contributed by atoms with E-state index in [0.29, 0.717) is 96.6 Å². The van der Waals surface area contributed by atoms with Crippen LogP contribution in [0, 0.1) is 0 Å². The zero-order valence-electron chi connectivity index (χ0n) is 78.8. The van der Waals surface area contributed by atoms with E-state index in [0.717, 1.165) is 119 Å². The standard InChI is InChI=1S/C108H168N6O8S2/c1-7-13-19-25-31-37-43-49-55-61-79-117-97-85-93(86-98(118-80-62-56-50-44-38-32-26-20-14-8-2)101(97)121-83-65-59-53-47-41-35-29-23-17-11-5)107-113-111-105(123-107)91-71-75-95(76-72-91)109-103(115)89-67-69-90(70-68-89)104(116)110-96-77-73-92(74-78-96)106-112-114-108(124-106)94-87-99(119-81-63-57-51-45-39-33-27-21-15-9-3)102(122-84-66-60-54-48-42-36-30-24-18-12-6)100(88-94)120-82-64-58-52-46-40-34-28-22-16-10-4/h67-78,85-88H,7-66,79-84H2,1-6H3,(H,109,115)(H,110,116). The first-order valence-electron chi connectivity index (χ1n) is 51.0. The Hall–Kier alpha value is -7.04. The molecule has 5 aromatic carbocycles. The van der Waals surface area contributed by atoms with Crippen LogP contribution in [0.1, 0.15) is 448 Å². The van der Waals surface area contributed by atoms with Gasteiger partial charge in [-0.2, -0.15) is 0 Å². The first-order chi connectivity index (χ1) is 61.2. The van der Waals surface area contributed by atoms with E-state index < -0.39 is 0 Å². The fraction of sp³-hybridized carbons (Fsp3) is 0.667. The van der Waals surface area contributed by atoms with Gasteiger partial charge >= 0.3 is 0 Å².